The van der Waals surface area contributed by atoms with Crippen molar-refractivity contribution in [2.24, 2.45) is 0 Å². The number of hydrogen-bond donors (Lipinski definition) is 0. The fourth-order valence-electron chi connectivity index (χ4n) is 2.32. The van der Waals surface area contributed by atoms with Crippen LogP contribution in [0.3, 0.4) is 0 Å². The molecule has 1 fully saturated rings. The summed E-state index contributed by atoms with van der Waals surface area (Å²) in [5, 5.41) is 0. The van der Waals surface area contributed by atoms with Crippen molar-refractivity contribution in [3.8, 4) is 0 Å². The molecule has 25 heavy (non-hydrogen) atoms. The average molecular weight is 371 g/mol. The monoisotopic (exact) mass is 371 g/mol. The first-order chi connectivity index (χ1) is 11.5. The van der Waals surface area contributed by atoms with Crippen molar-refractivity contribution in [1.29, 1.82) is 0 Å². The van der Waals surface area contributed by atoms with Gasteiger partial charge in [0.25, 0.3) is 0 Å². The largest absolute Gasteiger partial charge is 0.450 e. The zero-order valence-corrected chi connectivity index (χ0v) is 13.1. The standard InChI is InChI=1S/C14H15F6N3O2/c1-2-25-12(24)23-5-3-22(4-6-23)11-8-9(13(15,16)17)7-10(21-11)14(18,19)20/h7-8H,2-6H2,1H3. The first-order valence-corrected chi connectivity index (χ1v) is 7.35. The second-order valence-corrected chi connectivity index (χ2v) is 5.27. The number of amides is 1. The molecule has 1 amide bonds. The Morgan fingerprint density at radius 1 is 1.08 bits per heavy atom. The highest BCUT2D eigenvalue weighted by Gasteiger charge is 2.39. The summed E-state index contributed by atoms with van der Waals surface area (Å²) in [6.07, 6.45) is -10.5. The Hall–Kier alpha value is -2.20. The molecule has 1 aliphatic heterocycles. The van der Waals surface area contributed by atoms with E-state index in [-0.39, 0.29) is 38.9 Å². The number of hydrogen-bond acceptors (Lipinski definition) is 4. The van der Waals surface area contributed by atoms with Crippen LogP contribution in [0.4, 0.5) is 37.0 Å². The highest BCUT2D eigenvalue weighted by molar-refractivity contribution is 5.68. The second kappa shape index (κ2) is 6.96. The normalized spacial score (nSPS) is 16.1. The molecule has 0 spiro atoms. The second-order valence-electron chi connectivity index (χ2n) is 5.27. The summed E-state index contributed by atoms with van der Waals surface area (Å²) in [6.45, 7) is 2.10. The number of rotatable bonds is 2. The van der Waals surface area contributed by atoms with E-state index in [0.29, 0.717) is 6.07 Å². The molecule has 1 aliphatic rings. The third-order valence-corrected chi connectivity index (χ3v) is 3.56. The van der Waals surface area contributed by atoms with Crippen LogP contribution in [-0.2, 0) is 17.1 Å². The van der Waals surface area contributed by atoms with Gasteiger partial charge in [-0.3, -0.25) is 0 Å². The number of piperazine rings is 1. The van der Waals surface area contributed by atoms with Crippen LogP contribution >= 0.6 is 0 Å². The van der Waals surface area contributed by atoms with Crippen LogP contribution in [0, 0.1) is 0 Å². The molecule has 140 valence electrons. The molecule has 0 radical (unpaired) electrons. The Bertz CT molecular complexity index is 592. The van der Waals surface area contributed by atoms with E-state index in [1.54, 1.807) is 6.92 Å². The molecule has 0 unspecified atom stereocenters. The minimum absolute atomic E-state index is 0.0155. The minimum atomic E-state index is -5.00. The predicted molar refractivity (Wildman–Crippen MR) is 75.0 cm³/mol. The summed E-state index contributed by atoms with van der Waals surface area (Å²) in [6, 6.07) is 0.563. The molecule has 11 heteroatoms. The summed E-state index contributed by atoms with van der Waals surface area (Å²) in [5.41, 5.74) is -3.03. The Labute approximate surface area is 139 Å². The fourth-order valence-corrected chi connectivity index (χ4v) is 2.32. The average Bonchev–Trinajstić information content (AvgIpc) is 2.53. The van der Waals surface area contributed by atoms with Crippen LogP contribution in [0.5, 0.6) is 0 Å². The molecule has 5 nitrogen and oxygen atoms in total. The van der Waals surface area contributed by atoms with Gasteiger partial charge in [0.2, 0.25) is 0 Å². The molecule has 1 saturated heterocycles. The fraction of sp³-hybridized carbons (Fsp3) is 0.571. The van der Waals surface area contributed by atoms with Gasteiger partial charge >= 0.3 is 18.4 Å². The number of carbonyl (C=O) groups is 1. The highest BCUT2D eigenvalue weighted by atomic mass is 19.4. The molecule has 0 atom stereocenters. The number of anilines is 1. The number of halogens is 6. The predicted octanol–water partition coefficient (Wildman–Crippen LogP) is 3.40. The SMILES string of the molecule is CCOC(=O)N1CCN(c2cc(C(F)(F)F)cc(C(F)(F)F)n2)CC1. The summed E-state index contributed by atoms with van der Waals surface area (Å²) in [7, 11) is 0. The number of pyridine rings is 1. The Kier molecular flexibility index (Phi) is 5.33. The summed E-state index contributed by atoms with van der Waals surface area (Å²) in [5.74, 6) is -0.425. The number of alkyl halides is 6. The molecule has 2 heterocycles. The Morgan fingerprint density at radius 2 is 1.68 bits per heavy atom. The summed E-state index contributed by atoms with van der Waals surface area (Å²) < 4.78 is 81.9. The van der Waals surface area contributed by atoms with Crippen molar-refractivity contribution in [3.05, 3.63) is 23.4 Å². The number of carbonyl (C=O) groups excluding carboxylic acids is 1. The maximum absolute atomic E-state index is 12.9. The van der Waals surface area contributed by atoms with Gasteiger partial charge in [-0.15, -0.1) is 0 Å². The van der Waals surface area contributed by atoms with Gasteiger partial charge in [0.05, 0.1) is 12.2 Å². The maximum atomic E-state index is 12.9. The zero-order chi connectivity index (χ0) is 18.8. The lowest BCUT2D eigenvalue weighted by molar-refractivity contribution is -0.145. The third-order valence-electron chi connectivity index (χ3n) is 3.56. The van der Waals surface area contributed by atoms with Crippen molar-refractivity contribution < 1.29 is 35.9 Å². The molecular formula is C14H15F6N3O2. The first-order valence-electron chi connectivity index (χ1n) is 7.35. The molecular weight excluding hydrogens is 356 g/mol. The summed E-state index contributed by atoms with van der Waals surface area (Å²) >= 11 is 0. The van der Waals surface area contributed by atoms with E-state index in [2.05, 4.69) is 4.98 Å². The first kappa shape index (κ1) is 19.1. The van der Waals surface area contributed by atoms with Crippen LogP contribution in [0.25, 0.3) is 0 Å². The van der Waals surface area contributed by atoms with E-state index in [4.69, 9.17) is 4.74 Å². The number of nitrogens with zero attached hydrogens (tertiary/aromatic N) is 3. The van der Waals surface area contributed by atoms with Gasteiger partial charge in [-0.1, -0.05) is 0 Å². The third kappa shape index (κ3) is 4.67. The van der Waals surface area contributed by atoms with Crippen molar-refractivity contribution in [2.45, 2.75) is 19.3 Å². The number of aromatic nitrogens is 1. The van der Waals surface area contributed by atoms with Gasteiger partial charge in [-0.2, -0.15) is 26.3 Å². The Balaban J connectivity index is 2.23. The zero-order valence-electron chi connectivity index (χ0n) is 13.1. The van der Waals surface area contributed by atoms with Gasteiger partial charge in [-0.05, 0) is 19.1 Å². The lowest BCUT2D eigenvalue weighted by Gasteiger charge is -2.35. The lowest BCUT2D eigenvalue weighted by atomic mass is 10.2. The molecule has 0 bridgehead atoms. The Morgan fingerprint density at radius 3 is 2.16 bits per heavy atom. The van der Waals surface area contributed by atoms with Crippen molar-refractivity contribution in [3.63, 3.8) is 0 Å². The molecule has 1 aromatic heterocycles. The smallest absolute Gasteiger partial charge is 0.433 e. The molecule has 1 aromatic rings. The van der Waals surface area contributed by atoms with E-state index < -0.39 is 35.5 Å². The van der Waals surface area contributed by atoms with E-state index in [0.717, 1.165) is 0 Å². The van der Waals surface area contributed by atoms with Crippen LogP contribution < -0.4 is 4.90 Å². The molecule has 0 aliphatic carbocycles. The van der Waals surface area contributed by atoms with Gasteiger partial charge in [0.15, 0.2) is 0 Å². The van der Waals surface area contributed by atoms with E-state index in [1.807, 2.05) is 0 Å². The highest BCUT2D eigenvalue weighted by Crippen LogP contribution is 2.36. The van der Waals surface area contributed by atoms with Gasteiger partial charge < -0.3 is 14.5 Å². The topological polar surface area (TPSA) is 45.7 Å². The van der Waals surface area contributed by atoms with Crippen LogP contribution in [0.2, 0.25) is 0 Å². The maximum Gasteiger partial charge on any atom is 0.433 e. The number of ether oxygens (including phenoxy) is 1. The van der Waals surface area contributed by atoms with Crippen molar-refractivity contribution >= 4 is 11.9 Å². The van der Waals surface area contributed by atoms with Crippen molar-refractivity contribution in [1.82, 2.24) is 9.88 Å². The van der Waals surface area contributed by atoms with Crippen molar-refractivity contribution in [2.75, 3.05) is 37.7 Å². The van der Waals surface area contributed by atoms with Gasteiger partial charge in [0.1, 0.15) is 11.5 Å². The van der Waals surface area contributed by atoms with Crippen LogP contribution in [0.1, 0.15) is 18.2 Å². The van der Waals surface area contributed by atoms with E-state index in [1.165, 1.54) is 9.80 Å². The summed E-state index contributed by atoms with van der Waals surface area (Å²) in [4.78, 5) is 17.5. The van der Waals surface area contributed by atoms with Crippen LogP contribution in [0.15, 0.2) is 12.1 Å². The van der Waals surface area contributed by atoms with Gasteiger partial charge in [0, 0.05) is 26.2 Å². The molecule has 0 N–H and O–H groups in total. The minimum Gasteiger partial charge on any atom is -0.450 e. The molecule has 2 rings (SSSR count). The lowest BCUT2D eigenvalue weighted by Crippen LogP contribution is -2.49. The molecule has 0 aromatic carbocycles. The van der Waals surface area contributed by atoms with E-state index >= 15 is 0 Å². The van der Waals surface area contributed by atoms with Crippen LogP contribution in [-0.4, -0.2) is 48.8 Å². The molecule has 0 saturated carbocycles. The quantitative estimate of drug-likeness (QED) is 0.748. The van der Waals surface area contributed by atoms with E-state index in [9.17, 15) is 31.1 Å². The van der Waals surface area contributed by atoms with Gasteiger partial charge in [-0.25, -0.2) is 9.78 Å².